The molecule has 1 amide bonds. The van der Waals surface area contributed by atoms with Gasteiger partial charge < -0.3 is 5.32 Å². The summed E-state index contributed by atoms with van der Waals surface area (Å²) in [4.78, 5) is 12.1. The summed E-state index contributed by atoms with van der Waals surface area (Å²) >= 11 is 0. The largest absolute Gasteiger partial charge is 0.349 e. The number of pyridine rings is 1. The molecule has 0 unspecified atom stereocenters. The Morgan fingerprint density at radius 3 is 2.73 bits per heavy atom. The maximum absolute atomic E-state index is 12.1. The molecule has 5 heteroatoms. The highest BCUT2D eigenvalue weighted by molar-refractivity contribution is 5.76. The van der Waals surface area contributed by atoms with Gasteiger partial charge in [-0.3, -0.25) is 9.20 Å². The second-order valence-electron chi connectivity index (χ2n) is 5.34. The summed E-state index contributed by atoms with van der Waals surface area (Å²) in [6.07, 6.45) is 2.35. The highest BCUT2D eigenvalue weighted by Crippen LogP contribution is 2.18. The number of fused-ring (bicyclic) bond motifs is 1. The van der Waals surface area contributed by atoms with E-state index in [9.17, 15) is 4.79 Å². The standard InChI is InChI=1S/C17H18N4O/c1-13(14-7-3-2-4-8-14)11-17(22)18-12-16-20-19-15-9-5-6-10-21(15)16/h2-10,13H,11-12H2,1H3,(H,18,22)/t13-/m1/s1. The quantitative estimate of drug-likeness (QED) is 0.786. The Kier molecular flexibility index (Phi) is 4.14. The molecule has 22 heavy (non-hydrogen) atoms. The Bertz CT molecular complexity index is 766. The third-order valence-electron chi connectivity index (χ3n) is 3.69. The summed E-state index contributed by atoms with van der Waals surface area (Å²) in [5.41, 5.74) is 1.95. The fourth-order valence-electron chi connectivity index (χ4n) is 2.44. The van der Waals surface area contributed by atoms with Crippen molar-refractivity contribution >= 4 is 11.6 Å². The minimum Gasteiger partial charge on any atom is -0.349 e. The molecular formula is C17H18N4O. The fourth-order valence-corrected chi connectivity index (χ4v) is 2.44. The lowest BCUT2D eigenvalue weighted by molar-refractivity contribution is -0.121. The highest BCUT2D eigenvalue weighted by atomic mass is 16.1. The van der Waals surface area contributed by atoms with Crippen LogP contribution < -0.4 is 5.32 Å². The lowest BCUT2D eigenvalue weighted by Crippen LogP contribution is -2.25. The molecule has 1 aromatic carbocycles. The monoisotopic (exact) mass is 294 g/mol. The van der Waals surface area contributed by atoms with Crippen LogP contribution in [0.4, 0.5) is 0 Å². The van der Waals surface area contributed by atoms with Crippen LogP contribution >= 0.6 is 0 Å². The van der Waals surface area contributed by atoms with E-state index in [1.807, 2.05) is 59.1 Å². The normalized spacial score (nSPS) is 12.2. The third kappa shape index (κ3) is 3.14. The van der Waals surface area contributed by atoms with E-state index in [1.54, 1.807) is 0 Å². The predicted molar refractivity (Wildman–Crippen MR) is 84.3 cm³/mol. The topological polar surface area (TPSA) is 59.3 Å². The number of nitrogens with one attached hydrogen (secondary N) is 1. The molecule has 0 fully saturated rings. The van der Waals surface area contributed by atoms with Gasteiger partial charge in [0.1, 0.15) is 0 Å². The van der Waals surface area contributed by atoms with E-state index in [4.69, 9.17) is 0 Å². The maximum atomic E-state index is 12.1. The Hall–Kier alpha value is -2.69. The SMILES string of the molecule is C[C@H](CC(=O)NCc1nnc2ccccn12)c1ccccc1. The minimum atomic E-state index is 0.0176. The molecule has 0 aliphatic heterocycles. The van der Waals surface area contributed by atoms with Gasteiger partial charge in [0.15, 0.2) is 11.5 Å². The molecule has 112 valence electrons. The van der Waals surface area contributed by atoms with Crippen molar-refractivity contribution in [1.82, 2.24) is 19.9 Å². The maximum Gasteiger partial charge on any atom is 0.220 e. The van der Waals surface area contributed by atoms with Crippen LogP contribution in [0.1, 0.15) is 30.7 Å². The van der Waals surface area contributed by atoms with Gasteiger partial charge in [-0.15, -0.1) is 10.2 Å². The minimum absolute atomic E-state index is 0.0176. The first-order valence-electron chi connectivity index (χ1n) is 7.34. The van der Waals surface area contributed by atoms with E-state index in [0.29, 0.717) is 13.0 Å². The van der Waals surface area contributed by atoms with Crippen molar-refractivity contribution in [3.63, 3.8) is 0 Å². The second-order valence-corrected chi connectivity index (χ2v) is 5.34. The molecular weight excluding hydrogens is 276 g/mol. The van der Waals surface area contributed by atoms with Crippen LogP contribution in [0.3, 0.4) is 0 Å². The van der Waals surface area contributed by atoms with Crippen molar-refractivity contribution in [2.24, 2.45) is 0 Å². The Balaban J connectivity index is 1.58. The van der Waals surface area contributed by atoms with Crippen LogP contribution in [-0.2, 0) is 11.3 Å². The number of hydrogen-bond donors (Lipinski definition) is 1. The van der Waals surface area contributed by atoms with Crippen LogP contribution in [-0.4, -0.2) is 20.5 Å². The fraction of sp³-hybridized carbons (Fsp3) is 0.235. The number of nitrogens with zero attached hydrogens (tertiary/aromatic N) is 3. The van der Waals surface area contributed by atoms with Crippen LogP contribution in [0.15, 0.2) is 54.7 Å². The van der Waals surface area contributed by atoms with Crippen molar-refractivity contribution in [3.05, 3.63) is 66.1 Å². The molecule has 0 spiro atoms. The Labute approximate surface area is 129 Å². The van der Waals surface area contributed by atoms with Gasteiger partial charge in [0.25, 0.3) is 0 Å². The van der Waals surface area contributed by atoms with E-state index >= 15 is 0 Å². The van der Waals surface area contributed by atoms with E-state index < -0.39 is 0 Å². The van der Waals surface area contributed by atoms with Crippen LogP contribution in [0.25, 0.3) is 5.65 Å². The summed E-state index contributed by atoms with van der Waals surface area (Å²) < 4.78 is 1.88. The highest BCUT2D eigenvalue weighted by Gasteiger charge is 2.12. The first-order valence-corrected chi connectivity index (χ1v) is 7.34. The van der Waals surface area contributed by atoms with Gasteiger partial charge in [-0.05, 0) is 23.6 Å². The van der Waals surface area contributed by atoms with Gasteiger partial charge in [0, 0.05) is 12.6 Å². The number of rotatable bonds is 5. The summed E-state index contributed by atoms with van der Waals surface area (Å²) in [5.74, 6) is 0.941. The molecule has 0 bridgehead atoms. The molecule has 0 saturated heterocycles. The zero-order chi connectivity index (χ0) is 15.4. The molecule has 1 N–H and O–H groups in total. The van der Waals surface area contributed by atoms with Gasteiger partial charge >= 0.3 is 0 Å². The number of amides is 1. The van der Waals surface area contributed by atoms with E-state index in [2.05, 4.69) is 22.4 Å². The number of aromatic nitrogens is 3. The Morgan fingerprint density at radius 1 is 1.14 bits per heavy atom. The average Bonchev–Trinajstić information content (AvgIpc) is 2.97. The summed E-state index contributed by atoms with van der Waals surface area (Å²) in [7, 11) is 0. The van der Waals surface area contributed by atoms with Crippen LogP contribution in [0.5, 0.6) is 0 Å². The summed E-state index contributed by atoms with van der Waals surface area (Å²) in [5, 5.41) is 11.1. The molecule has 3 rings (SSSR count). The van der Waals surface area contributed by atoms with Gasteiger partial charge in [-0.2, -0.15) is 0 Å². The number of carbonyl (C=O) groups excluding carboxylic acids is 1. The van der Waals surface area contributed by atoms with E-state index in [-0.39, 0.29) is 11.8 Å². The molecule has 1 atom stereocenters. The van der Waals surface area contributed by atoms with Crippen LogP contribution in [0.2, 0.25) is 0 Å². The van der Waals surface area contributed by atoms with Gasteiger partial charge in [0.05, 0.1) is 6.54 Å². The lowest BCUT2D eigenvalue weighted by atomic mass is 9.98. The van der Waals surface area contributed by atoms with E-state index in [1.165, 1.54) is 5.56 Å². The van der Waals surface area contributed by atoms with E-state index in [0.717, 1.165) is 11.5 Å². The number of carbonyl (C=O) groups is 1. The first kappa shape index (κ1) is 14.3. The molecule has 0 radical (unpaired) electrons. The second kappa shape index (κ2) is 6.39. The summed E-state index contributed by atoms with van der Waals surface area (Å²) in [6, 6.07) is 15.8. The van der Waals surface area contributed by atoms with Gasteiger partial charge in [-0.1, -0.05) is 43.3 Å². The Morgan fingerprint density at radius 2 is 1.91 bits per heavy atom. The lowest BCUT2D eigenvalue weighted by Gasteiger charge is -2.11. The first-order chi connectivity index (χ1) is 10.7. The molecule has 2 heterocycles. The van der Waals surface area contributed by atoms with Crippen molar-refractivity contribution in [3.8, 4) is 0 Å². The van der Waals surface area contributed by atoms with Crippen molar-refractivity contribution < 1.29 is 4.79 Å². The third-order valence-corrected chi connectivity index (χ3v) is 3.69. The van der Waals surface area contributed by atoms with Gasteiger partial charge in [-0.25, -0.2) is 0 Å². The smallest absolute Gasteiger partial charge is 0.220 e. The number of hydrogen-bond acceptors (Lipinski definition) is 3. The van der Waals surface area contributed by atoms with Crippen LogP contribution in [0, 0.1) is 0 Å². The average molecular weight is 294 g/mol. The van der Waals surface area contributed by atoms with Crippen molar-refractivity contribution in [2.45, 2.75) is 25.8 Å². The zero-order valence-corrected chi connectivity index (χ0v) is 12.4. The summed E-state index contributed by atoms with van der Waals surface area (Å²) in [6.45, 7) is 2.44. The number of benzene rings is 1. The van der Waals surface area contributed by atoms with Crippen molar-refractivity contribution in [2.75, 3.05) is 0 Å². The molecule has 0 saturated carbocycles. The van der Waals surface area contributed by atoms with Crippen molar-refractivity contribution in [1.29, 1.82) is 0 Å². The van der Waals surface area contributed by atoms with Gasteiger partial charge in [0.2, 0.25) is 5.91 Å². The predicted octanol–water partition coefficient (Wildman–Crippen LogP) is 2.54. The molecule has 0 aliphatic carbocycles. The molecule has 5 nitrogen and oxygen atoms in total. The zero-order valence-electron chi connectivity index (χ0n) is 12.4. The molecule has 0 aliphatic rings. The molecule has 2 aromatic heterocycles. The molecule has 3 aromatic rings.